The molecule has 0 spiro atoms. The monoisotopic (exact) mass is 203 g/mol. The smallest absolute Gasteiger partial charge is 0.147 e. The Bertz CT molecular complexity index is 423. The minimum Gasteiger partial charge on any atom is -0.270 e. The molecule has 2 aromatic rings. The Morgan fingerprint density at radius 2 is 2.20 bits per heavy atom. The van der Waals surface area contributed by atoms with Crippen molar-refractivity contribution in [1.29, 1.82) is 0 Å². The maximum Gasteiger partial charge on any atom is 0.147 e. The highest BCUT2D eigenvalue weighted by atomic mass is 15.3. The van der Waals surface area contributed by atoms with Gasteiger partial charge in [-0.05, 0) is 18.1 Å². The van der Waals surface area contributed by atoms with Crippen molar-refractivity contribution in [3.8, 4) is 0 Å². The number of hydrogen-bond donors (Lipinski definition) is 3. The van der Waals surface area contributed by atoms with Gasteiger partial charge in [0.25, 0.3) is 0 Å². The molecule has 0 radical (unpaired) electrons. The molecule has 15 heavy (non-hydrogen) atoms. The third kappa shape index (κ3) is 1.88. The van der Waals surface area contributed by atoms with Gasteiger partial charge in [0.1, 0.15) is 18.2 Å². The number of benzene rings is 1. The lowest BCUT2D eigenvalue weighted by atomic mass is 10.0. The van der Waals surface area contributed by atoms with E-state index < -0.39 is 0 Å². The predicted molar refractivity (Wildman–Crippen MR) is 56.7 cm³/mol. The fourth-order valence-corrected chi connectivity index (χ4v) is 1.58. The first-order valence-corrected chi connectivity index (χ1v) is 4.70. The summed E-state index contributed by atoms with van der Waals surface area (Å²) in [6.45, 7) is 2.04. The Labute approximate surface area is 87.7 Å². The van der Waals surface area contributed by atoms with Crippen LogP contribution < -0.4 is 11.3 Å². The van der Waals surface area contributed by atoms with E-state index in [1.54, 1.807) is 0 Å². The standard InChI is InChI=1S/C10H13N5/c1-7-4-2-3-5-8(7)9(14-11)10-12-6-13-15-10/h2-6,9,14H,11H2,1H3,(H,12,13,15). The Kier molecular flexibility index (Phi) is 2.75. The zero-order chi connectivity index (χ0) is 10.7. The van der Waals surface area contributed by atoms with Crippen LogP contribution >= 0.6 is 0 Å². The fourth-order valence-electron chi connectivity index (χ4n) is 1.58. The highest BCUT2D eigenvalue weighted by Gasteiger charge is 2.16. The molecule has 0 amide bonds. The van der Waals surface area contributed by atoms with E-state index in [1.807, 2.05) is 31.2 Å². The molecule has 1 unspecified atom stereocenters. The molecular formula is C10H13N5. The first-order valence-electron chi connectivity index (χ1n) is 4.70. The van der Waals surface area contributed by atoms with Gasteiger partial charge in [-0.3, -0.25) is 10.9 Å². The molecule has 0 aliphatic heterocycles. The molecule has 1 aromatic carbocycles. The number of aromatic nitrogens is 3. The maximum atomic E-state index is 5.53. The molecule has 2 rings (SSSR count). The quantitative estimate of drug-likeness (QED) is 0.506. The molecule has 0 bridgehead atoms. The Morgan fingerprint density at radius 3 is 2.80 bits per heavy atom. The van der Waals surface area contributed by atoms with Crippen molar-refractivity contribution < 1.29 is 0 Å². The van der Waals surface area contributed by atoms with Crippen molar-refractivity contribution >= 4 is 0 Å². The molecule has 0 aliphatic carbocycles. The van der Waals surface area contributed by atoms with Gasteiger partial charge >= 0.3 is 0 Å². The van der Waals surface area contributed by atoms with E-state index in [2.05, 4.69) is 20.6 Å². The third-order valence-electron chi connectivity index (χ3n) is 2.37. The zero-order valence-electron chi connectivity index (χ0n) is 8.44. The second-order valence-corrected chi connectivity index (χ2v) is 3.33. The van der Waals surface area contributed by atoms with Gasteiger partial charge in [-0.1, -0.05) is 24.3 Å². The summed E-state index contributed by atoms with van der Waals surface area (Å²) in [7, 11) is 0. The molecule has 0 fully saturated rings. The van der Waals surface area contributed by atoms with Crippen molar-refractivity contribution in [2.45, 2.75) is 13.0 Å². The molecule has 0 aliphatic rings. The number of hydrazine groups is 1. The van der Waals surface area contributed by atoms with Crippen LogP contribution in [0.15, 0.2) is 30.6 Å². The lowest BCUT2D eigenvalue weighted by Crippen LogP contribution is -2.30. The molecule has 5 heteroatoms. The number of nitrogens with two attached hydrogens (primary N) is 1. The predicted octanol–water partition coefficient (Wildman–Crippen LogP) is 0.666. The van der Waals surface area contributed by atoms with Gasteiger partial charge in [0, 0.05) is 0 Å². The molecule has 1 aromatic heterocycles. The van der Waals surface area contributed by atoms with E-state index in [0.29, 0.717) is 5.82 Å². The SMILES string of the molecule is Cc1ccccc1C(NN)c1ncn[nH]1. The maximum absolute atomic E-state index is 5.53. The van der Waals surface area contributed by atoms with Crippen LogP contribution in [0.4, 0.5) is 0 Å². The first kappa shape index (κ1) is 9.82. The van der Waals surface area contributed by atoms with Crippen LogP contribution in [0, 0.1) is 6.92 Å². The molecule has 5 nitrogen and oxygen atoms in total. The van der Waals surface area contributed by atoms with Crippen molar-refractivity contribution in [3.63, 3.8) is 0 Å². The Hall–Kier alpha value is -1.72. The van der Waals surface area contributed by atoms with E-state index >= 15 is 0 Å². The van der Waals surface area contributed by atoms with Gasteiger partial charge in [0.2, 0.25) is 0 Å². The van der Waals surface area contributed by atoms with Crippen molar-refractivity contribution in [1.82, 2.24) is 20.6 Å². The van der Waals surface area contributed by atoms with Crippen molar-refractivity contribution in [2.24, 2.45) is 5.84 Å². The summed E-state index contributed by atoms with van der Waals surface area (Å²) in [5.41, 5.74) is 4.99. The minimum atomic E-state index is -0.145. The largest absolute Gasteiger partial charge is 0.270 e. The summed E-state index contributed by atoms with van der Waals surface area (Å²) in [5, 5.41) is 6.62. The summed E-state index contributed by atoms with van der Waals surface area (Å²) in [4.78, 5) is 4.10. The third-order valence-corrected chi connectivity index (χ3v) is 2.37. The summed E-state index contributed by atoms with van der Waals surface area (Å²) < 4.78 is 0. The number of aryl methyl sites for hydroxylation is 1. The zero-order valence-corrected chi connectivity index (χ0v) is 8.44. The Morgan fingerprint density at radius 1 is 1.40 bits per heavy atom. The second-order valence-electron chi connectivity index (χ2n) is 3.33. The van der Waals surface area contributed by atoms with Crippen LogP contribution in [0.5, 0.6) is 0 Å². The molecule has 0 saturated heterocycles. The summed E-state index contributed by atoms with van der Waals surface area (Å²) in [6.07, 6.45) is 1.47. The minimum absolute atomic E-state index is 0.145. The van der Waals surface area contributed by atoms with Crippen LogP contribution in [0.2, 0.25) is 0 Å². The highest BCUT2D eigenvalue weighted by Crippen LogP contribution is 2.20. The molecule has 1 atom stereocenters. The lowest BCUT2D eigenvalue weighted by Gasteiger charge is -2.15. The van der Waals surface area contributed by atoms with Gasteiger partial charge < -0.3 is 0 Å². The van der Waals surface area contributed by atoms with Crippen LogP contribution in [0.3, 0.4) is 0 Å². The molecule has 4 N–H and O–H groups in total. The van der Waals surface area contributed by atoms with E-state index in [1.165, 1.54) is 6.33 Å². The topological polar surface area (TPSA) is 79.6 Å². The molecule has 0 saturated carbocycles. The van der Waals surface area contributed by atoms with Gasteiger partial charge in [-0.2, -0.15) is 5.10 Å². The van der Waals surface area contributed by atoms with E-state index in [4.69, 9.17) is 5.84 Å². The van der Waals surface area contributed by atoms with Gasteiger partial charge in [0.15, 0.2) is 0 Å². The van der Waals surface area contributed by atoms with Crippen LogP contribution in [-0.2, 0) is 0 Å². The summed E-state index contributed by atoms with van der Waals surface area (Å²) in [6, 6.07) is 7.88. The van der Waals surface area contributed by atoms with Gasteiger partial charge in [-0.25, -0.2) is 10.4 Å². The average Bonchev–Trinajstić information content (AvgIpc) is 2.75. The number of hydrogen-bond acceptors (Lipinski definition) is 4. The van der Waals surface area contributed by atoms with Gasteiger partial charge in [0.05, 0.1) is 0 Å². The number of H-pyrrole nitrogens is 1. The number of aromatic amines is 1. The number of nitrogens with one attached hydrogen (secondary N) is 2. The number of rotatable bonds is 3. The lowest BCUT2D eigenvalue weighted by molar-refractivity contribution is 0.601. The molecule has 1 heterocycles. The first-order chi connectivity index (χ1) is 7.33. The molecular weight excluding hydrogens is 190 g/mol. The highest BCUT2D eigenvalue weighted by molar-refractivity contribution is 5.32. The van der Waals surface area contributed by atoms with Crippen molar-refractivity contribution in [3.05, 3.63) is 47.5 Å². The van der Waals surface area contributed by atoms with E-state index in [9.17, 15) is 0 Å². The van der Waals surface area contributed by atoms with Crippen molar-refractivity contribution in [2.75, 3.05) is 0 Å². The molecule has 78 valence electrons. The second kappa shape index (κ2) is 4.20. The van der Waals surface area contributed by atoms with Crippen LogP contribution in [0.25, 0.3) is 0 Å². The normalized spacial score (nSPS) is 12.7. The summed E-state index contributed by atoms with van der Waals surface area (Å²) in [5.74, 6) is 6.24. The Balaban J connectivity index is 2.40. The summed E-state index contributed by atoms with van der Waals surface area (Å²) >= 11 is 0. The average molecular weight is 203 g/mol. The van der Waals surface area contributed by atoms with E-state index in [0.717, 1.165) is 11.1 Å². The van der Waals surface area contributed by atoms with Gasteiger partial charge in [-0.15, -0.1) is 0 Å². The van der Waals surface area contributed by atoms with Crippen LogP contribution in [0.1, 0.15) is 23.0 Å². The van der Waals surface area contributed by atoms with Crippen LogP contribution in [-0.4, -0.2) is 15.2 Å². The van der Waals surface area contributed by atoms with E-state index in [-0.39, 0.29) is 6.04 Å². The fraction of sp³-hybridized carbons (Fsp3) is 0.200. The number of nitrogens with zero attached hydrogens (tertiary/aromatic N) is 2.